The molecule has 1 aromatic heterocycles. The van der Waals surface area contributed by atoms with E-state index in [0.717, 1.165) is 11.1 Å². The maximum Gasteiger partial charge on any atom is 0.133 e. The van der Waals surface area contributed by atoms with Gasteiger partial charge in [0.25, 0.3) is 0 Å². The molecule has 2 aromatic rings. The first-order valence-electron chi connectivity index (χ1n) is 5.01. The van der Waals surface area contributed by atoms with E-state index in [0.29, 0.717) is 11.6 Å². The third-order valence-electron chi connectivity index (χ3n) is 2.23. The number of anilines is 2. The Hall–Kier alpha value is -2.29. The summed E-state index contributed by atoms with van der Waals surface area (Å²) < 4.78 is 0. The highest BCUT2D eigenvalue weighted by Gasteiger charge is 1.96. The number of nitrogens with two attached hydrogens (primary N) is 2. The predicted molar refractivity (Wildman–Crippen MR) is 68.4 cm³/mol. The van der Waals surface area contributed by atoms with Gasteiger partial charge in [0, 0.05) is 5.56 Å². The molecule has 4 N–H and O–H groups in total. The summed E-state index contributed by atoms with van der Waals surface area (Å²) in [6.45, 7) is 0. The van der Waals surface area contributed by atoms with Crippen LogP contribution in [0.3, 0.4) is 0 Å². The molecule has 0 saturated heterocycles. The Kier molecular flexibility index (Phi) is 2.87. The van der Waals surface area contributed by atoms with Crippen LogP contribution in [0.15, 0.2) is 42.5 Å². The first kappa shape index (κ1) is 10.2. The Morgan fingerprint density at radius 2 is 1.62 bits per heavy atom. The quantitative estimate of drug-likeness (QED) is 0.801. The van der Waals surface area contributed by atoms with E-state index in [9.17, 15) is 0 Å². The van der Waals surface area contributed by atoms with Crippen molar-refractivity contribution >= 4 is 23.8 Å². The van der Waals surface area contributed by atoms with E-state index in [4.69, 9.17) is 11.5 Å². The second-order valence-corrected chi connectivity index (χ2v) is 3.45. The lowest BCUT2D eigenvalue weighted by molar-refractivity contribution is 1.33. The minimum atomic E-state index is 0.439. The lowest BCUT2D eigenvalue weighted by Gasteiger charge is -2.00. The second-order valence-electron chi connectivity index (χ2n) is 3.45. The van der Waals surface area contributed by atoms with Crippen LogP contribution in [0.2, 0.25) is 0 Å². The second kappa shape index (κ2) is 4.49. The van der Waals surface area contributed by atoms with Crippen LogP contribution in [0.4, 0.5) is 11.6 Å². The Bertz CT molecular complexity index is 504. The number of nitrogen functional groups attached to an aromatic ring is 2. The molecule has 1 heterocycles. The standard InChI is InChI=1S/C13H13N3/c14-12-9-8-11(13(15)16-12)7-6-10-4-2-1-3-5-10/h1-9H,(H4,14,15,16)/b7-6+. The van der Waals surface area contributed by atoms with Gasteiger partial charge in [0.1, 0.15) is 11.6 Å². The molecule has 0 aliphatic rings. The van der Waals surface area contributed by atoms with Crippen molar-refractivity contribution < 1.29 is 0 Å². The summed E-state index contributed by atoms with van der Waals surface area (Å²) in [6.07, 6.45) is 3.92. The van der Waals surface area contributed by atoms with E-state index < -0.39 is 0 Å². The Morgan fingerprint density at radius 1 is 0.875 bits per heavy atom. The predicted octanol–water partition coefficient (Wildman–Crippen LogP) is 2.42. The number of benzene rings is 1. The number of hydrogen-bond acceptors (Lipinski definition) is 3. The van der Waals surface area contributed by atoms with Crippen molar-refractivity contribution in [1.29, 1.82) is 0 Å². The van der Waals surface area contributed by atoms with Crippen LogP contribution in [-0.4, -0.2) is 4.98 Å². The maximum absolute atomic E-state index is 5.74. The summed E-state index contributed by atoms with van der Waals surface area (Å²) >= 11 is 0. The zero-order chi connectivity index (χ0) is 11.4. The van der Waals surface area contributed by atoms with Crippen LogP contribution in [0.25, 0.3) is 12.2 Å². The van der Waals surface area contributed by atoms with Crippen LogP contribution in [0, 0.1) is 0 Å². The lowest BCUT2D eigenvalue weighted by atomic mass is 10.1. The van der Waals surface area contributed by atoms with Crippen molar-refractivity contribution in [3.05, 3.63) is 53.6 Å². The van der Waals surface area contributed by atoms with Gasteiger partial charge in [-0.1, -0.05) is 42.5 Å². The first-order valence-corrected chi connectivity index (χ1v) is 5.01. The maximum atomic E-state index is 5.74. The van der Waals surface area contributed by atoms with Gasteiger partial charge in [0.05, 0.1) is 0 Å². The van der Waals surface area contributed by atoms with Gasteiger partial charge in [-0.15, -0.1) is 0 Å². The molecule has 0 fully saturated rings. The van der Waals surface area contributed by atoms with Crippen molar-refractivity contribution in [3.63, 3.8) is 0 Å². The van der Waals surface area contributed by atoms with Gasteiger partial charge in [-0.05, 0) is 17.7 Å². The summed E-state index contributed by atoms with van der Waals surface area (Å²) in [5.74, 6) is 0.890. The number of pyridine rings is 1. The fraction of sp³-hybridized carbons (Fsp3) is 0. The summed E-state index contributed by atoms with van der Waals surface area (Å²) in [6, 6.07) is 13.6. The van der Waals surface area contributed by atoms with E-state index in [-0.39, 0.29) is 0 Å². The Balaban J connectivity index is 2.24. The Morgan fingerprint density at radius 3 is 2.31 bits per heavy atom. The fourth-order valence-electron chi connectivity index (χ4n) is 1.39. The van der Waals surface area contributed by atoms with E-state index in [1.54, 1.807) is 6.07 Å². The molecule has 0 unspecified atom stereocenters. The third kappa shape index (κ3) is 2.39. The summed E-state index contributed by atoms with van der Waals surface area (Å²) in [7, 11) is 0. The van der Waals surface area contributed by atoms with Gasteiger partial charge >= 0.3 is 0 Å². The van der Waals surface area contributed by atoms with E-state index in [1.165, 1.54) is 0 Å². The highest BCUT2D eigenvalue weighted by molar-refractivity contribution is 5.74. The van der Waals surface area contributed by atoms with Crippen LogP contribution in [0.5, 0.6) is 0 Å². The first-order chi connectivity index (χ1) is 7.75. The summed E-state index contributed by atoms with van der Waals surface area (Å²) in [5.41, 5.74) is 13.3. The van der Waals surface area contributed by atoms with Gasteiger partial charge in [0.2, 0.25) is 0 Å². The van der Waals surface area contributed by atoms with Crippen molar-refractivity contribution in [1.82, 2.24) is 4.98 Å². The molecule has 0 spiro atoms. The molecule has 80 valence electrons. The van der Waals surface area contributed by atoms with Gasteiger partial charge in [0.15, 0.2) is 0 Å². The monoisotopic (exact) mass is 211 g/mol. The molecule has 0 amide bonds. The van der Waals surface area contributed by atoms with E-state index >= 15 is 0 Å². The van der Waals surface area contributed by atoms with Crippen LogP contribution in [0.1, 0.15) is 11.1 Å². The molecule has 1 aromatic carbocycles. The molecule has 2 rings (SSSR count). The normalized spacial score (nSPS) is 10.8. The van der Waals surface area contributed by atoms with Gasteiger partial charge in [-0.25, -0.2) is 4.98 Å². The molecular formula is C13H13N3. The van der Waals surface area contributed by atoms with E-state index in [2.05, 4.69) is 4.98 Å². The lowest BCUT2D eigenvalue weighted by Crippen LogP contribution is -1.97. The number of hydrogen-bond donors (Lipinski definition) is 2. The van der Waals surface area contributed by atoms with Crippen LogP contribution in [-0.2, 0) is 0 Å². The molecule has 0 aliphatic heterocycles. The molecule has 0 atom stereocenters. The molecule has 0 aliphatic carbocycles. The molecule has 0 saturated carbocycles. The molecule has 0 bridgehead atoms. The van der Waals surface area contributed by atoms with Crippen molar-refractivity contribution in [2.24, 2.45) is 0 Å². The summed E-state index contributed by atoms with van der Waals surface area (Å²) in [4.78, 5) is 3.99. The van der Waals surface area contributed by atoms with Crippen LogP contribution < -0.4 is 11.5 Å². The Labute approximate surface area is 94.4 Å². The molecule has 0 radical (unpaired) electrons. The number of aromatic nitrogens is 1. The highest BCUT2D eigenvalue weighted by atomic mass is 14.9. The topological polar surface area (TPSA) is 64.9 Å². The zero-order valence-corrected chi connectivity index (χ0v) is 8.80. The molecule has 3 nitrogen and oxygen atoms in total. The van der Waals surface area contributed by atoms with Crippen molar-refractivity contribution in [2.45, 2.75) is 0 Å². The fourth-order valence-corrected chi connectivity index (χ4v) is 1.39. The third-order valence-corrected chi connectivity index (χ3v) is 2.23. The molecular weight excluding hydrogens is 198 g/mol. The van der Waals surface area contributed by atoms with Crippen molar-refractivity contribution in [3.8, 4) is 0 Å². The molecule has 16 heavy (non-hydrogen) atoms. The average molecular weight is 211 g/mol. The van der Waals surface area contributed by atoms with Gasteiger partial charge in [-0.2, -0.15) is 0 Å². The van der Waals surface area contributed by atoms with E-state index in [1.807, 2.05) is 48.6 Å². The van der Waals surface area contributed by atoms with Crippen molar-refractivity contribution in [2.75, 3.05) is 11.5 Å². The smallest absolute Gasteiger partial charge is 0.133 e. The minimum Gasteiger partial charge on any atom is -0.384 e. The zero-order valence-electron chi connectivity index (χ0n) is 8.80. The number of rotatable bonds is 2. The summed E-state index contributed by atoms with van der Waals surface area (Å²) in [5, 5.41) is 0. The minimum absolute atomic E-state index is 0.439. The SMILES string of the molecule is Nc1ccc(/C=C/c2ccccc2)c(N)n1. The highest BCUT2D eigenvalue weighted by Crippen LogP contribution is 2.14. The van der Waals surface area contributed by atoms with Crippen LogP contribution >= 0.6 is 0 Å². The van der Waals surface area contributed by atoms with Gasteiger partial charge in [-0.3, -0.25) is 0 Å². The number of nitrogens with zero attached hydrogens (tertiary/aromatic N) is 1. The molecule has 3 heteroatoms. The average Bonchev–Trinajstić information content (AvgIpc) is 2.29. The van der Waals surface area contributed by atoms with Gasteiger partial charge < -0.3 is 11.5 Å². The largest absolute Gasteiger partial charge is 0.384 e.